The van der Waals surface area contributed by atoms with Crippen molar-refractivity contribution in [1.29, 1.82) is 0 Å². The smallest absolute Gasteiger partial charge is 0.186 e. The predicted octanol–water partition coefficient (Wildman–Crippen LogP) is 8.09. The molecule has 0 aromatic heterocycles. The fourth-order valence-corrected chi connectivity index (χ4v) is 4.93. The molecule has 0 saturated carbocycles. The Balaban J connectivity index is 1.26. The molecule has 0 bridgehead atoms. The highest BCUT2D eigenvalue weighted by Crippen LogP contribution is 2.36. The maximum atomic E-state index is 13.0. The molecule has 1 aliphatic heterocycles. The van der Waals surface area contributed by atoms with Crippen molar-refractivity contribution < 1.29 is 4.79 Å². The Morgan fingerprint density at radius 3 is 2.19 bits per heavy atom. The molecule has 0 amide bonds. The van der Waals surface area contributed by atoms with E-state index in [1.54, 1.807) is 6.08 Å². The minimum Gasteiger partial charge on any atom is -0.289 e. The molecule has 37 heavy (non-hydrogen) atoms. The molecule has 0 fully saturated rings. The second kappa shape index (κ2) is 10.1. The summed E-state index contributed by atoms with van der Waals surface area (Å²) < 4.78 is 0. The monoisotopic (exact) mass is 478 g/mol. The van der Waals surface area contributed by atoms with Crippen LogP contribution in [0.4, 0.5) is 5.69 Å². The summed E-state index contributed by atoms with van der Waals surface area (Å²) in [5, 5.41) is 9.20. The number of anilines is 1. The molecule has 1 atom stereocenters. The molecule has 0 radical (unpaired) electrons. The molecule has 3 heteroatoms. The Bertz CT molecular complexity index is 1600. The van der Waals surface area contributed by atoms with Crippen LogP contribution in [-0.4, -0.2) is 11.5 Å². The second-order valence-electron chi connectivity index (χ2n) is 9.20. The summed E-state index contributed by atoms with van der Waals surface area (Å²) >= 11 is 0. The van der Waals surface area contributed by atoms with E-state index in [4.69, 9.17) is 5.10 Å². The lowest BCUT2D eigenvalue weighted by molar-refractivity contribution is 0.104. The molecule has 3 nitrogen and oxygen atoms in total. The first-order chi connectivity index (χ1) is 18.3. The Morgan fingerprint density at radius 1 is 0.730 bits per heavy atom. The number of hydrogen-bond donors (Lipinski definition) is 0. The van der Waals surface area contributed by atoms with Crippen molar-refractivity contribution in [3.8, 4) is 0 Å². The average Bonchev–Trinajstić information content (AvgIpc) is 3.42. The number of carbonyl (C=O) groups is 1. The molecule has 0 spiro atoms. The molecular weight excluding hydrogens is 452 g/mol. The van der Waals surface area contributed by atoms with E-state index in [0.717, 1.165) is 45.3 Å². The van der Waals surface area contributed by atoms with Crippen molar-refractivity contribution in [2.24, 2.45) is 5.10 Å². The van der Waals surface area contributed by atoms with E-state index >= 15 is 0 Å². The largest absolute Gasteiger partial charge is 0.289 e. The van der Waals surface area contributed by atoms with Gasteiger partial charge in [-0.15, -0.1) is 0 Å². The fourth-order valence-electron chi connectivity index (χ4n) is 4.93. The molecule has 0 saturated heterocycles. The van der Waals surface area contributed by atoms with Crippen molar-refractivity contribution in [2.45, 2.75) is 12.5 Å². The SMILES string of the molecule is O=C(/C=C/c1ccc(N2N=C(c3ccccc3)C[C@@H]2c2ccccc2)cc1)c1cccc2ccccc12. The van der Waals surface area contributed by atoms with Gasteiger partial charge in [-0.05, 0) is 45.7 Å². The van der Waals surface area contributed by atoms with Crippen molar-refractivity contribution in [1.82, 2.24) is 0 Å². The van der Waals surface area contributed by atoms with E-state index in [2.05, 4.69) is 65.7 Å². The molecule has 0 unspecified atom stereocenters. The Hall–Kier alpha value is -4.76. The lowest BCUT2D eigenvalue weighted by Gasteiger charge is -2.24. The van der Waals surface area contributed by atoms with Crippen LogP contribution in [0.25, 0.3) is 16.8 Å². The minimum absolute atomic E-state index is 0.00154. The average molecular weight is 479 g/mol. The number of rotatable bonds is 6. The maximum Gasteiger partial charge on any atom is 0.186 e. The van der Waals surface area contributed by atoms with Gasteiger partial charge in [0, 0.05) is 12.0 Å². The Kier molecular flexibility index (Phi) is 6.18. The zero-order valence-electron chi connectivity index (χ0n) is 20.4. The lowest BCUT2D eigenvalue weighted by atomic mass is 9.98. The van der Waals surface area contributed by atoms with Gasteiger partial charge >= 0.3 is 0 Å². The first-order valence-corrected chi connectivity index (χ1v) is 12.5. The summed E-state index contributed by atoms with van der Waals surface area (Å²) in [6.07, 6.45) is 4.38. The van der Waals surface area contributed by atoms with Gasteiger partial charge in [0.05, 0.1) is 17.4 Å². The number of nitrogens with zero attached hydrogens (tertiary/aromatic N) is 2. The minimum atomic E-state index is 0.00154. The Morgan fingerprint density at radius 2 is 1.41 bits per heavy atom. The van der Waals surface area contributed by atoms with E-state index in [0.29, 0.717) is 0 Å². The van der Waals surface area contributed by atoms with Crippen molar-refractivity contribution in [3.05, 3.63) is 156 Å². The highest BCUT2D eigenvalue weighted by atomic mass is 16.1. The summed E-state index contributed by atoms with van der Waals surface area (Å²) in [7, 11) is 0. The lowest BCUT2D eigenvalue weighted by Crippen LogP contribution is -2.18. The molecule has 178 valence electrons. The van der Waals surface area contributed by atoms with Crippen LogP contribution < -0.4 is 5.01 Å². The van der Waals surface area contributed by atoms with Crippen molar-refractivity contribution in [2.75, 3.05) is 5.01 Å². The standard InChI is InChI=1S/C34H26N2O/c37-34(31-17-9-15-26-10-7-8-16-30(26)31)23-20-25-18-21-29(22-19-25)36-33(28-13-5-2-6-14-28)24-32(35-36)27-11-3-1-4-12-27/h1-23,33H,24H2/b23-20+/t33-/m1/s1. The highest BCUT2D eigenvalue weighted by molar-refractivity contribution is 6.14. The van der Waals surface area contributed by atoms with Gasteiger partial charge in [-0.1, -0.05) is 121 Å². The third-order valence-corrected chi connectivity index (χ3v) is 6.84. The second-order valence-corrected chi connectivity index (χ2v) is 9.20. The first-order valence-electron chi connectivity index (χ1n) is 12.5. The van der Waals surface area contributed by atoms with Gasteiger partial charge in [-0.3, -0.25) is 9.80 Å². The zero-order valence-corrected chi connectivity index (χ0v) is 20.4. The van der Waals surface area contributed by atoms with Crippen LogP contribution in [0.15, 0.2) is 139 Å². The van der Waals surface area contributed by atoms with Gasteiger partial charge in [0.25, 0.3) is 0 Å². The molecule has 0 N–H and O–H groups in total. The Labute approximate surface area is 217 Å². The van der Waals surface area contributed by atoms with Gasteiger partial charge in [0.15, 0.2) is 5.78 Å². The first kappa shape index (κ1) is 22.7. The summed E-state index contributed by atoms with van der Waals surface area (Å²) in [5.41, 5.74) is 6.19. The third-order valence-electron chi connectivity index (χ3n) is 6.84. The van der Waals surface area contributed by atoms with Crippen LogP contribution in [0.5, 0.6) is 0 Å². The van der Waals surface area contributed by atoms with Crippen molar-refractivity contribution in [3.63, 3.8) is 0 Å². The van der Waals surface area contributed by atoms with Crippen molar-refractivity contribution >= 4 is 34.0 Å². The number of carbonyl (C=O) groups excluding carboxylic acids is 1. The molecule has 6 rings (SSSR count). The van der Waals surface area contributed by atoms with Gasteiger partial charge in [-0.25, -0.2) is 0 Å². The summed E-state index contributed by atoms with van der Waals surface area (Å²) in [6.45, 7) is 0. The van der Waals surface area contributed by atoms with Crippen LogP contribution in [0, 0.1) is 0 Å². The van der Waals surface area contributed by atoms with Crippen LogP contribution in [0.2, 0.25) is 0 Å². The van der Waals surface area contributed by atoms with Gasteiger partial charge in [0.2, 0.25) is 0 Å². The quantitative estimate of drug-likeness (QED) is 0.182. The fraction of sp³-hybridized carbons (Fsp3) is 0.0588. The third kappa shape index (κ3) is 4.72. The summed E-state index contributed by atoms with van der Waals surface area (Å²) in [6, 6.07) is 43.1. The summed E-state index contributed by atoms with van der Waals surface area (Å²) in [5.74, 6) is 0.00154. The normalized spacial score (nSPS) is 15.3. The molecule has 1 aliphatic rings. The van der Waals surface area contributed by atoms with Crippen LogP contribution in [-0.2, 0) is 0 Å². The highest BCUT2D eigenvalue weighted by Gasteiger charge is 2.29. The van der Waals surface area contributed by atoms with E-state index in [1.807, 2.05) is 72.8 Å². The number of benzene rings is 5. The van der Waals surface area contributed by atoms with E-state index < -0.39 is 0 Å². The zero-order chi connectivity index (χ0) is 25.0. The van der Waals surface area contributed by atoms with Crippen LogP contribution >= 0.6 is 0 Å². The van der Waals surface area contributed by atoms with Gasteiger partial charge < -0.3 is 0 Å². The van der Waals surface area contributed by atoms with Gasteiger partial charge in [-0.2, -0.15) is 5.10 Å². The van der Waals surface area contributed by atoms with E-state index in [-0.39, 0.29) is 11.8 Å². The number of ketones is 1. The predicted molar refractivity (Wildman–Crippen MR) is 153 cm³/mol. The number of fused-ring (bicyclic) bond motifs is 1. The summed E-state index contributed by atoms with van der Waals surface area (Å²) in [4.78, 5) is 13.0. The number of hydrogen-bond acceptors (Lipinski definition) is 3. The maximum absolute atomic E-state index is 13.0. The van der Waals surface area contributed by atoms with E-state index in [1.165, 1.54) is 5.56 Å². The number of hydrazone groups is 1. The van der Waals surface area contributed by atoms with E-state index in [9.17, 15) is 4.79 Å². The molecule has 5 aromatic rings. The van der Waals surface area contributed by atoms with Gasteiger partial charge in [0.1, 0.15) is 0 Å². The van der Waals surface area contributed by atoms with Crippen LogP contribution in [0.3, 0.4) is 0 Å². The number of allylic oxidation sites excluding steroid dienone is 1. The topological polar surface area (TPSA) is 32.7 Å². The molecular formula is C34H26N2O. The van der Waals surface area contributed by atoms with Crippen LogP contribution in [0.1, 0.15) is 39.5 Å². The molecule has 0 aliphatic carbocycles. The molecule has 5 aromatic carbocycles. The molecule has 1 heterocycles.